The summed E-state index contributed by atoms with van der Waals surface area (Å²) in [7, 11) is 0. The maximum absolute atomic E-state index is 9.84. The molecule has 2 N–H and O–H groups in total. The molecule has 0 aromatic carbocycles. The Morgan fingerprint density at radius 3 is 2.95 bits per heavy atom. The minimum Gasteiger partial charge on any atom is -0.393 e. The second-order valence-electron chi connectivity index (χ2n) is 6.50. The molecule has 0 amide bonds. The lowest BCUT2D eigenvalue weighted by molar-refractivity contribution is -0.0434. The van der Waals surface area contributed by atoms with Crippen molar-refractivity contribution >= 4 is 0 Å². The van der Waals surface area contributed by atoms with Gasteiger partial charge in [0.05, 0.1) is 12.7 Å². The van der Waals surface area contributed by atoms with Crippen LogP contribution in [0.25, 0.3) is 0 Å². The van der Waals surface area contributed by atoms with Gasteiger partial charge >= 0.3 is 0 Å². The fourth-order valence-electron chi connectivity index (χ4n) is 3.46. The summed E-state index contributed by atoms with van der Waals surface area (Å²) in [5.41, 5.74) is 0.274. The first-order valence-electron chi connectivity index (χ1n) is 7.84. The van der Waals surface area contributed by atoms with Gasteiger partial charge in [-0.2, -0.15) is 0 Å². The maximum Gasteiger partial charge on any atom is 0.0590 e. The lowest BCUT2D eigenvalue weighted by Crippen LogP contribution is -2.52. The molecule has 0 aromatic rings. The highest BCUT2D eigenvalue weighted by Crippen LogP contribution is 2.31. The molecule has 0 saturated carbocycles. The van der Waals surface area contributed by atoms with E-state index in [-0.39, 0.29) is 11.5 Å². The maximum atomic E-state index is 9.84. The Balaban J connectivity index is 1.91. The van der Waals surface area contributed by atoms with Crippen LogP contribution in [-0.2, 0) is 4.74 Å². The number of nitrogens with one attached hydrogen (secondary N) is 1. The molecule has 2 aliphatic heterocycles. The summed E-state index contributed by atoms with van der Waals surface area (Å²) in [5, 5.41) is 13.4. The molecule has 2 aliphatic rings. The van der Waals surface area contributed by atoms with E-state index >= 15 is 0 Å². The summed E-state index contributed by atoms with van der Waals surface area (Å²) in [4.78, 5) is 2.53. The first-order chi connectivity index (χ1) is 9.15. The van der Waals surface area contributed by atoms with Gasteiger partial charge in [-0.25, -0.2) is 0 Å². The Bertz CT molecular complexity index is 267. The first kappa shape index (κ1) is 15.2. The third-order valence-corrected chi connectivity index (χ3v) is 4.66. The number of piperidine rings is 1. The molecule has 0 spiro atoms. The second kappa shape index (κ2) is 7.02. The van der Waals surface area contributed by atoms with E-state index in [1.54, 1.807) is 0 Å². The van der Waals surface area contributed by atoms with E-state index in [1.165, 1.54) is 12.8 Å². The number of rotatable bonds is 5. The Kier molecular flexibility index (Phi) is 5.63. The van der Waals surface area contributed by atoms with Crippen molar-refractivity contribution in [1.82, 2.24) is 10.2 Å². The molecule has 2 fully saturated rings. The van der Waals surface area contributed by atoms with E-state index in [1.807, 2.05) is 0 Å². The van der Waals surface area contributed by atoms with E-state index < -0.39 is 0 Å². The third-order valence-electron chi connectivity index (χ3n) is 4.66. The molecule has 2 rings (SSSR count). The van der Waals surface area contributed by atoms with Gasteiger partial charge in [0.15, 0.2) is 0 Å². The van der Waals surface area contributed by atoms with Gasteiger partial charge in [0.1, 0.15) is 0 Å². The van der Waals surface area contributed by atoms with Crippen LogP contribution in [0.2, 0.25) is 0 Å². The predicted octanol–water partition coefficient (Wildman–Crippen LogP) is 1.10. The molecule has 3 unspecified atom stereocenters. The van der Waals surface area contributed by atoms with Crippen molar-refractivity contribution in [3.05, 3.63) is 0 Å². The Labute approximate surface area is 117 Å². The van der Waals surface area contributed by atoms with Gasteiger partial charge in [0.2, 0.25) is 0 Å². The summed E-state index contributed by atoms with van der Waals surface area (Å²) in [5.74, 6) is 0.398. The largest absolute Gasteiger partial charge is 0.393 e. The van der Waals surface area contributed by atoms with Gasteiger partial charge < -0.3 is 20.1 Å². The van der Waals surface area contributed by atoms with E-state index in [0.29, 0.717) is 5.92 Å². The first-order valence-corrected chi connectivity index (χ1v) is 7.84. The highest BCUT2D eigenvalue weighted by Gasteiger charge is 2.36. The van der Waals surface area contributed by atoms with Crippen LogP contribution in [0.3, 0.4) is 0 Å². The molecular formula is C15H30N2O2. The van der Waals surface area contributed by atoms with Crippen molar-refractivity contribution in [1.29, 1.82) is 0 Å². The van der Waals surface area contributed by atoms with E-state index in [4.69, 9.17) is 4.74 Å². The van der Waals surface area contributed by atoms with Crippen molar-refractivity contribution in [3.63, 3.8) is 0 Å². The second-order valence-corrected chi connectivity index (χ2v) is 6.50. The number of aliphatic hydroxyl groups excluding tert-OH is 1. The lowest BCUT2D eigenvalue weighted by Gasteiger charge is -2.44. The smallest absolute Gasteiger partial charge is 0.0590 e. The van der Waals surface area contributed by atoms with Crippen LogP contribution >= 0.6 is 0 Å². The Hall–Kier alpha value is -0.160. The van der Waals surface area contributed by atoms with Crippen molar-refractivity contribution in [2.45, 2.75) is 39.2 Å². The molecule has 2 saturated heterocycles. The van der Waals surface area contributed by atoms with Gasteiger partial charge in [-0.1, -0.05) is 13.8 Å². The molecule has 0 aromatic heterocycles. The molecular weight excluding hydrogens is 240 g/mol. The number of aliphatic hydroxyl groups is 1. The van der Waals surface area contributed by atoms with Gasteiger partial charge in [-0.05, 0) is 31.7 Å². The minimum absolute atomic E-state index is 0.108. The molecule has 19 heavy (non-hydrogen) atoms. The highest BCUT2D eigenvalue weighted by molar-refractivity contribution is 4.89. The topological polar surface area (TPSA) is 44.7 Å². The zero-order valence-corrected chi connectivity index (χ0v) is 12.5. The third kappa shape index (κ3) is 4.15. The van der Waals surface area contributed by atoms with E-state index in [0.717, 1.165) is 52.4 Å². The standard InChI is InChI=1S/C15H30N2O2/c1-3-16-10-15(6-4-8-19-12-15)11-17-7-5-14(18)13(2)9-17/h13-14,16,18H,3-12H2,1-2H3. The molecule has 3 atom stereocenters. The van der Waals surface area contributed by atoms with Gasteiger partial charge in [0, 0.05) is 38.2 Å². The zero-order valence-electron chi connectivity index (χ0n) is 12.5. The van der Waals surface area contributed by atoms with Crippen LogP contribution in [0.15, 0.2) is 0 Å². The van der Waals surface area contributed by atoms with Crippen LogP contribution in [-0.4, -0.2) is 62.0 Å². The number of hydrogen-bond donors (Lipinski definition) is 2. The highest BCUT2D eigenvalue weighted by atomic mass is 16.5. The van der Waals surface area contributed by atoms with E-state index in [9.17, 15) is 5.11 Å². The van der Waals surface area contributed by atoms with Crippen molar-refractivity contribution in [3.8, 4) is 0 Å². The quantitative estimate of drug-likeness (QED) is 0.785. The molecule has 0 aliphatic carbocycles. The molecule has 2 heterocycles. The fraction of sp³-hybridized carbons (Fsp3) is 1.00. The van der Waals surface area contributed by atoms with Crippen LogP contribution in [0.5, 0.6) is 0 Å². The summed E-state index contributed by atoms with van der Waals surface area (Å²) in [6.07, 6.45) is 3.24. The van der Waals surface area contributed by atoms with Crippen LogP contribution < -0.4 is 5.32 Å². The van der Waals surface area contributed by atoms with Crippen molar-refractivity contribution < 1.29 is 9.84 Å². The summed E-state index contributed by atoms with van der Waals surface area (Å²) < 4.78 is 5.76. The lowest BCUT2D eigenvalue weighted by atomic mass is 9.81. The fourth-order valence-corrected chi connectivity index (χ4v) is 3.46. The Morgan fingerprint density at radius 2 is 2.32 bits per heavy atom. The van der Waals surface area contributed by atoms with Crippen LogP contribution in [0.4, 0.5) is 0 Å². The molecule has 4 heteroatoms. The summed E-state index contributed by atoms with van der Waals surface area (Å²) >= 11 is 0. The van der Waals surface area contributed by atoms with Crippen molar-refractivity contribution in [2.24, 2.45) is 11.3 Å². The normalized spacial score (nSPS) is 37.4. The van der Waals surface area contributed by atoms with Crippen LogP contribution in [0, 0.1) is 11.3 Å². The molecule has 0 radical (unpaired) electrons. The molecule has 4 nitrogen and oxygen atoms in total. The monoisotopic (exact) mass is 270 g/mol. The minimum atomic E-state index is -0.108. The predicted molar refractivity (Wildman–Crippen MR) is 77.3 cm³/mol. The number of likely N-dealkylation sites (tertiary alicyclic amines) is 1. The number of hydrogen-bond acceptors (Lipinski definition) is 4. The van der Waals surface area contributed by atoms with Crippen LogP contribution in [0.1, 0.15) is 33.1 Å². The number of nitrogens with zero attached hydrogens (tertiary/aromatic N) is 1. The number of ether oxygens (including phenoxy) is 1. The molecule has 0 bridgehead atoms. The zero-order chi connectivity index (χ0) is 13.7. The summed E-state index contributed by atoms with van der Waals surface area (Å²) in [6, 6.07) is 0. The average molecular weight is 270 g/mol. The SMILES string of the molecule is CCNCC1(CN2CCC(O)C(C)C2)CCCOC1. The van der Waals surface area contributed by atoms with Gasteiger partial charge in [-0.3, -0.25) is 0 Å². The van der Waals surface area contributed by atoms with Gasteiger partial charge in [-0.15, -0.1) is 0 Å². The molecule has 112 valence electrons. The summed E-state index contributed by atoms with van der Waals surface area (Å²) in [6.45, 7) is 11.4. The van der Waals surface area contributed by atoms with Crippen molar-refractivity contribution in [2.75, 3.05) is 45.9 Å². The Morgan fingerprint density at radius 1 is 1.47 bits per heavy atom. The average Bonchev–Trinajstić information content (AvgIpc) is 2.42. The van der Waals surface area contributed by atoms with Gasteiger partial charge in [0.25, 0.3) is 0 Å². The van der Waals surface area contributed by atoms with E-state index in [2.05, 4.69) is 24.1 Å².